The number of imide groups is 1. The van der Waals surface area contributed by atoms with Crippen molar-refractivity contribution in [3.8, 4) is 44.5 Å². The molecule has 0 atom stereocenters. The maximum absolute atomic E-state index is 13.9. The topological polar surface area (TPSA) is 77.9 Å². The highest BCUT2D eigenvalue weighted by Gasteiger charge is 2.44. The van der Waals surface area contributed by atoms with Gasteiger partial charge in [-0.1, -0.05) is 214 Å². The standard InChI is InChI=1S/C79H70N2O4/c1-7-9-11-17-40-79(41-18-12-10-8-2)69-42-47(51-34-35-60-62-37-39-64-74-63(75(84)80(76(64)85)46-71(82)83)38-36-61(73(62)74)59-23-19-22-58(51)72(59)60)26-30-56(69)57-33-29-50(45-70(57)79)81(48-27-31-54-52-20-13-15-24-65(52)77(3,4)67(54)43-48)49-28-32-55-53-21-14-16-25-66(53)78(5,6)68(55)44-49/h13-16,19-39,42-45H,7-12,17-18,40-41,46H2,1-6H3,(H,82,83). The summed E-state index contributed by atoms with van der Waals surface area (Å²) >= 11 is 0. The Morgan fingerprint density at radius 2 is 0.824 bits per heavy atom. The van der Waals surface area contributed by atoms with Crippen LogP contribution in [0.25, 0.3) is 87.6 Å². The van der Waals surface area contributed by atoms with Crippen molar-refractivity contribution in [2.24, 2.45) is 0 Å². The monoisotopic (exact) mass is 1110 g/mol. The number of carbonyl (C=O) groups is 3. The van der Waals surface area contributed by atoms with Crippen LogP contribution in [-0.4, -0.2) is 34.3 Å². The van der Waals surface area contributed by atoms with E-state index in [9.17, 15) is 19.5 Å². The van der Waals surface area contributed by atoms with Crippen LogP contribution in [0, 0.1) is 0 Å². The number of anilines is 3. The molecule has 2 amide bonds. The molecule has 0 unspecified atom stereocenters. The number of aliphatic carboxylic acids is 1. The van der Waals surface area contributed by atoms with Gasteiger partial charge in [-0.15, -0.1) is 0 Å². The normalized spacial score (nSPS) is 15.4. The summed E-state index contributed by atoms with van der Waals surface area (Å²) in [6, 6.07) is 65.8. The molecule has 6 nitrogen and oxygen atoms in total. The van der Waals surface area contributed by atoms with Gasteiger partial charge < -0.3 is 10.0 Å². The fourth-order valence-electron chi connectivity index (χ4n) is 16.3. The Bertz CT molecular complexity index is 4470. The van der Waals surface area contributed by atoms with Gasteiger partial charge >= 0.3 is 5.97 Å². The molecule has 0 spiro atoms. The first-order valence-corrected chi connectivity index (χ1v) is 31.1. The molecule has 420 valence electrons. The van der Waals surface area contributed by atoms with Gasteiger partial charge in [0.25, 0.3) is 11.8 Å². The molecule has 11 aromatic carbocycles. The summed E-state index contributed by atoms with van der Waals surface area (Å²) in [7, 11) is 0. The van der Waals surface area contributed by atoms with Gasteiger partial charge in [0, 0.05) is 49.8 Å². The van der Waals surface area contributed by atoms with Crippen LogP contribution in [0.5, 0.6) is 0 Å². The van der Waals surface area contributed by atoms with Crippen molar-refractivity contribution in [3.63, 3.8) is 0 Å². The SMILES string of the molecule is CCCCCCC1(CCCCCC)c2cc(-c3ccc4c5ccc6c7c(ccc(c8cccc3c84)c75)C(=O)N(CC(=O)O)C6=O)ccc2-c2ccc(N(c3ccc4c(c3)C(C)(C)c3ccccc3-4)c3ccc4c(c3)C(C)(C)c3ccccc3-4)cc21. The van der Waals surface area contributed by atoms with Gasteiger partial charge in [-0.25, -0.2) is 0 Å². The molecular weight excluding hydrogens is 1040 g/mol. The van der Waals surface area contributed by atoms with Crippen molar-refractivity contribution < 1.29 is 19.5 Å². The van der Waals surface area contributed by atoms with Gasteiger partial charge in [-0.05, 0) is 183 Å². The number of benzene rings is 11. The van der Waals surface area contributed by atoms with Gasteiger partial charge in [0.05, 0.1) is 0 Å². The lowest BCUT2D eigenvalue weighted by molar-refractivity contribution is -0.137. The number of hydrogen-bond donors (Lipinski definition) is 1. The molecule has 1 heterocycles. The second-order valence-electron chi connectivity index (χ2n) is 25.9. The van der Waals surface area contributed by atoms with Crippen LogP contribution in [0.2, 0.25) is 0 Å². The van der Waals surface area contributed by atoms with E-state index in [-0.39, 0.29) is 16.2 Å². The molecule has 85 heavy (non-hydrogen) atoms. The van der Waals surface area contributed by atoms with Crippen molar-refractivity contribution in [3.05, 3.63) is 220 Å². The third-order valence-corrected chi connectivity index (χ3v) is 20.5. The van der Waals surface area contributed by atoms with Crippen molar-refractivity contribution in [1.29, 1.82) is 0 Å². The van der Waals surface area contributed by atoms with Crippen LogP contribution in [0.4, 0.5) is 17.1 Å². The van der Waals surface area contributed by atoms with E-state index in [1.54, 1.807) is 12.1 Å². The Morgan fingerprint density at radius 3 is 1.35 bits per heavy atom. The Balaban J connectivity index is 0.905. The molecule has 0 saturated carbocycles. The fourth-order valence-corrected chi connectivity index (χ4v) is 16.3. The van der Waals surface area contributed by atoms with E-state index in [0.29, 0.717) is 16.5 Å². The molecule has 15 rings (SSSR count). The van der Waals surface area contributed by atoms with Gasteiger partial charge in [-0.2, -0.15) is 0 Å². The first-order valence-electron chi connectivity index (χ1n) is 31.1. The largest absolute Gasteiger partial charge is 0.480 e. The molecule has 4 aliphatic rings. The molecule has 1 aliphatic heterocycles. The minimum Gasteiger partial charge on any atom is -0.480 e. The third kappa shape index (κ3) is 7.72. The predicted octanol–water partition coefficient (Wildman–Crippen LogP) is 20.4. The Kier molecular flexibility index (Phi) is 12.2. The number of nitrogens with zero attached hydrogens (tertiary/aromatic N) is 2. The highest BCUT2D eigenvalue weighted by Crippen LogP contribution is 2.59. The molecule has 11 aromatic rings. The van der Waals surface area contributed by atoms with Gasteiger partial charge in [0.1, 0.15) is 6.54 Å². The summed E-state index contributed by atoms with van der Waals surface area (Å²) in [6.07, 6.45) is 11.6. The summed E-state index contributed by atoms with van der Waals surface area (Å²) < 4.78 is 0. The van der Waals surface area contributed by atoms with Crippen LogP contribution in [0.1, 0.15) is 160 Å². The lowest BCUT2D eigenvalue weighted by Gasteiger charge is -2.35. The van der Waals surface area contributed by atoms with E-state index in [2.05, 4.69) is 198 Å². The Hall–Kier alpha value is -8.87. The number of fused-ring (bicyclic) bond motifs is 11. The summed E-state index contributed by atoms with van der Waals surface area (Å²) in [6.45, 7) is 13.5. The highest BCUT2D eigenvalue weighted by molar-refractivity contribution is 6.39. The average Bonchev–Trinajstić information content (AvgIpc) is 1.34. The zero-order valence-corrected chi connectivity index (χ0v) is 49.6. The van der Waals surface area contributed by atoms with E-state index in [1.165, 1.54) is 122 Å². The number of carboxylic acid groups (broad SMARTS) is 1. The number of carbonyl (C=O) groups excluding carboxylic acids is 2. The maximum Gasteiger partial charge on any atom is 0.323 e. The van der Waals surface area contributed by atoms with Crippen molar-refractivity contribution in [1.82, 2.24) is 4.90 Å². The van der Waals surface area contributed by atoms with Gasteiger partial charge in [0.15, 0.2) is 0 Å². The predicted molar refractivity (Wildman–Crippen MR) is 350 cm³/mol. The third-order valence-electron chi connectivity index (χ3n) is 20.5. The second kappa shape index (κ2) is 19.6. The molecule has 3 aliphatic carbocycles. The van der Waals surface area contributed by atoms with Gasteiger partial charge in [-0.3, -0.25) is 19.3 Å². The first kappa shape index (κ1) is 52.9. The minimum atomic E-state index is -1.23. The van der Waals surface area contributed by atoms with Crippen LogP contribution in [0.3, 0.4) is 0 Å². The summed E-state index contributed by atoms with van der Waals surface area (Å²) in [5.41, 5.74) is 22.3. The van der Waals surface area contributed by atoms with Crippen molar-refractivity contribution in [2.75, 3.05) is 11.4 Å². The van der Waals surface area contributed by atoms with E-state index in [0.717, 1.165) is 79.7 Å². The zero-order chi connectivity index (χ0) is 58.3. The summed E-state index contributed by atoms with van der Waals surface area (Å²) in [5, 5.41) is 17.5. The Labute approximate surface area is 498 Å². The van der Waals surface area contributed by atoms with Crippen LogP contribution in [0.15, 0.2) is 176 Å². The average molecular weight is 1110 g/mol. The molecule has 0 aromatic heterocycles. The fraction of sp³-hybridized carbons (Fsp3) is 0.253. The number of carboxylic acids is 1. The summed E-state index contributed by atoms with van der Waals surface area (Å²) in [4.78, 5) is 43.0. The molecule has 0 radical (unpaired) electrons. The maximum atomic E-state index is 13.9. The first-order chi connectivity index (χ1) is 41.2. The lowest BCUT2D eigenvalue weighted by atomic mass is 9.70. The van der Waals surface area contributed by atoms with Crippen LogP contribution < -0.4 is 4.90 Å². The molecule has 0 fully saturated rings. The van der Waals surface area contributed by atoms with Crippen LogP contribution >= 0.6 is 0 Å². The Morgan fingerprint density at radius 1 is 0.400 bits per heavy atom. The number of amides is 2. The van der Waals surface area contributed by atoms with Crippen LogP contribution in [-0.2, 0) is 21.0 Å². The number of rotatable bonds is 16. The van der Waals surface area contributed by atoms with Gasteiger partial charge in [0.2, 0.25) is 0 Å². The molecule has 0 bridgehead atoms. The minimum absolute atomic E-state index is 0.167. The second-order valence-corrected chi connectivity index (χ2v) is 25.9. The highest BCUT2D eigenvalue weighted by atomic mass is 16.4. The lowest BCUT2D eigenvalue weighted by Crippen LogP contribution is -2.43. The van der Waals surface area contributed by atoms with E-state index in [4.69, 9.17) is 0 Å². The number of hydrogen-bond acceptors (Lipinski definition) is 4. The number of unbranched alkanes of at least 4 members (excludes halogenated alkanes) is 6. The quantitative estimate of drug-likeness (QED) is 0.0451. The molecule has 6 heteroatoms. The van der Waals surface area contributed by atoms with E-state index >= 15 is 0 Å². The molecule has 0 saturated heterocycles. The van der Waals surface area contributed by atoms with E-state index in [1.807, 2.05) is 12.1 Å². The molecule has 1 N–H and O–H groups in total. The molecular formula is C79H70N2O4. The van der Waals surface area contributed by atoms with Crippen molar-refractivity contribution in [2.45, 2.75) is 122 Å². The van der Waals surface area contributed by atoms with Crippen molar-refractivity contribution >= 4 is 77.9 Å². The summed E-state index contributed by atoms with van der Waals surface area (Å²) in [5.74, 6) is -2.39. The zero-order valence-electron chi connectivity index (χ0n) is 49.6. The smallest absolute Gasteiger partial charge is 0.323 e. The van der Waals surface area contributed by atoms with E-state index < -0.39 is 24.3 Å².